The van der Waals surface area contributed by atoms with Crippen molar-refractivity contribution in [3.8, 4) is 5.75 Å². The molecule has 2 rings (SSSR count). The lowest BCUT2D eigenvalue weighted by molar-refractivity contribution is -0.126. The Bertz CT molecular complexity index is 536. The van der Waals surface area contributed by atoms with Crippen LogP contribution in [-0.2, 0) is 20.7 Å². The Balaban J connectivity index is 1.78. The van der Waals surface area contributed by atoms with Crippen molar-refractivity contribution in [3.05, 3.63) is 29.6 Å². The Morgan fingerprint density at radius 2 is 2.29 bits per heavy atom. The van der Waals surface area contributed by atoms with Crippen LogP contribution in [-0.4, -0.2) is 38.2 Å². The van der Waals surface area contributed by atoms with Gasteiger partial charge >= 0.3 is 0 Å². The van der Waals surface area contributed by atoms with Gasteiger partial charge in [-0.3, -0.25) is 9.59 Å². The SMILES string of the molecule is NC(=O)COCCNC(=O)[C@@H]1COc2ccc(F)cc2C1. The minimum absolute atomic E-state index is 0.172. The molecule has 1 aromatic rings. The Hall–Kier alpha value is -2.15. The van der Waals surface area contributed by atoms with Crippen LogP contribution < -0.4 is 15.8 Å². The van der Waals surface area contributed by atoms with E-state index in [1.165, 1.54) is 12.1 Å². The molecule has 0 radical (unpaired) electrons. The van der Waals surface area contributed by atoms with E-state index >= 15 is 0 Å². The summed E-state index contributed by atoms with van der Waals surface area (Å²) in [6, 6.07) is 4.27. The maximum Gasteiger partial charge on any atom is 0.243 e. The van der Waals surface area contributed by atoms with Crippen molar-refractivity contribution in [1.82, 2.24) is 5.32 Å². The summed E-state index contributed by atoms with van der Waals surface area (Å²) in [7, 11) is 0. The van der Waals surface area contributed by atoms with Gasteiger partial charge in [-0.1, -0.05) is 0 Å². The van der Waals surface area contributed by atoms with Crippen molar-refractivity contribution < 1.29 is 23.5 Å². The number of hydrogen-bond acceptors (Lipinski definition) is 4. The Morgan fingerprint density at radius 1 is 1.48 bits per heavy atom. The number of hydrogen-bond donors (Lipinski definition) is 2. The third kappa shape index (κ3) is 4.42. The van der Waals surface area contributed by atoms with Gasteiger partial charge in [-0.05, 0) is 30.2 Å². The van der Waals surface area contributed by atoms with Crippen LogP contribution in [0.15, 0.2) is 18.2 Å². The van der Waals surface area contributed by atoms with Gasteiger partial charge in [0.25, 0.3) is 0 Å². The highest BCUT2D eigenvalue weighted by atomic mass is 19.1. The fraction of sp³-hybridized carbons (Fsp3) is 0.429. The first-order chi connectivity index (χ1) is 10.1. The summed E-state index contributed by atoms with van der Waals surface area (Å²) >= 11 is 0. The maximum absolute atomic E-state index is 13.2. The summed E-state index contributed by atoms with van der Waals surface area (Å²) in [5.74, 6) is -0.841. The largest absolute Gasteiger partial charge is 0.492 e. The number of primary amides is 1. The quantitative estimate of drug-likeness (QED) is 0.723. The average Bonchev–Trinajstić information content (AvgIpc) is 2.45. The number of benzene rings is 1. The van der Waals surface area contributed by atoms with Gasteiger partial charge in [0, 0.05) is 6.54 Å². The molecule has 0 saturated carbocycles. The second-order valence-corrected chi connectivity index (χ2v) is 4.77. The lowest BCUT2D eigenvalue weighted by Gasteiger charge is -2.24. The number of carbonyl (C=O) groups excluding carboxylic acids is 2. The summed E-state index contributed by atoms with van der Waals surface area (Å²) in [5, 5.41) is 2.68. The molecule has 3 N–H and O–H groups in total. The lowest BCUT2D eigenvalue weighted by Crippen LogP contribution is -2.39. The Morgan fingerprint density at radius 3 is 3.05 bits per heavy atom. The predicted octanol–water partition coefficient (Wildman–Crippen LogP) is -0.00510. The van der Waals surface area contributed by atoms with Crippen LogP contribution in [0.3, 0.4) is 0 Å². The van der Waals surface area contributed by atoms with Gasteiger partial charge in [0.05, 0.1) is 12.5 Å². The van der Waals surface area contributed by atoms with Crippen LogP contribution in [0.5, 0.6) is 5.75 Å². The normalized spacial score (nSPS) is 16.7. The van der Waals surface area contributed by atoms with Crippen LogP contribution >= 0.6 is 0 Å². The van der Waals surface area contributed by atoms with E-state index in [4.69, 9.17) is 15.2 Å². The molecule has 1 aliphatic heterocycles. The molecule has 0 unspecified atom stereocenters. The van der Waals surface area contributed by atoms with Gasteiger partial charge in [-0.15, -0.1) is 0 Å². The molecule has 1 aliphatic rings. The molecule has 1 atom stereocenters. The number of ether oxygens (including phenoxy) is 2. The number of rotatable bonds is 6. The van der Waals surface area contributed by atoms with Crippen molar-refractivity contribution in [3.63, 3.8) is 0 Å². The molecule has 1 heterocycles. The molecule has 0 bridgehead atoms. The number of carbonyl (C=O) groups is 2. The van der Waals surface area contributed by atoms with Crippen LogP contribution in [0.25, 0.3) is 0 Å². The average molecular weight is 296 g/mol. The first-order valence-corrected chi connectivity index (χ1v) is 6.61. The number of amides is 2. The van der Waals surface area contributed by atoms with Crippen molar-refractivity contribution in [2.75, 3.05) is 26.4 Å². The molecule has 2 amide bonds. The van der Waals surface area contributed by atoms with E-state index < -0.39 is 5.91 Å². The molecule has 0 saturated heterocycles. The van der Waals surface area contributed by atoms with Crippen LogP contribution in [0.4, 0.5) is 4.39 Å². The highest BCUT2D eigenvalue weighted by Gasteiger charge is 2.26. The number of nitrogens with one attached hydrogen (secondary N) is 1. The molecule has 7 heteroatoms. The second-order valence-electron chi connectivity index (χ2n) is 4.77. The van der Waals surface area contributed by atoms with Gasteiger partial charge in [0.1, 0.15) is 24.8 Å². The van der Waals surface area contributed by atoms with Gasteiger partial charge < -0.3 is 20.5 Å². The van der Waals surface area contributed by atoms with Gasteiger partial charge in [0.15, 0.2) is 0 Å². The zero-order valence-corrected chi connectivity index (χ0v) is 11.4. The van der Waals surface area contributed by atoms with E-state index in [2.05, 4.69) is 5.32 Å². The zero-order chi connectivity index (χ0) is 15.2. The summed E-state index contributed by atoms with van der Waals surface area (Å²) in [6.45, 7) is 0.563. The third-order valence-corrected chi connectivity index (χ3v) is 3.09. The summed E-state index contributed by atoms with van der Waals surface area (Å²) in [5.41, 5.74) is 5.60. The smallest absolute Gasteiger partial charge is 0.243 e. The first-order valence-electron chi connectivity index (χ1n) is 6.61. The standard InChI is InChI=1S/C14H17FN2O4/c15-11-1-2-12-9(6-11)5-10(7-21-12)14(19)17-3-4-20-8-13(16)18/h1-2,6,10H,3-5,7-8H2,(H2,16,18)(H,17,19)/t10-/m0/s1. The molecule has 0 fully saturated rings. The van der Waals surface area contributed by atoms with E-state index in [-0.39, 0.29) is 44.0 Å². The Labute approximate surface area is 121 Å². The van der Waals surface area contributed by atoms with E-state index in [1.54, 1.807) is 6.07 Å². The van der Waals surface area contributed by atoms with Crippen molar-refractivity contribution in [1.29, 1.82) is 0 Å². The van der Waals surface area contributed by atoms with Crippen molar-refractivity contribution in [2.24, 2.45) is 11.7 Å². The fourth-order valence-electron chi connectivity index (χ4n) is 2.09. The first kappa shape index (κ1) is 15.2. The molecular weight excluding hydrogens is 279 g/mol. The highest BCUT2D eigenvalue weighted by Crippen LogP contribution is 2.27. The summed E-state index contributed by atoms with van der Waals surface area (Å²) in [6.07, 6.45) is 0.432. The molecule has 114 valence electrons. The third-order valence-electron chi connectivity index (χ3n) is 3.09. The number of halogens is 1. The zero-order valence-electron chi connectivity index (χ0n) is 11.4. The van der Waals surface area contributed by atoms with Gasteiger partial charge in [-0.2, -0.15) is 0 Å². The van der Waals surface area contributed by atoms with Crippen LogP contribution in [0, 0.1) is 11.7 Å². The molecule has 0 spiro atoms. The number of nitrogens with two attached hydrogens (primary N) is 1. The highest BCUT2D eigenvalue weighted by molar-refractivity contribution is 5.79. The molecular formula is C14H17FN2O4. The minimum Gasteiger partial charge on any atom is -0.492 e. The molecule has 0 aliphatic carbocycles. The molecule has 6 nitrogen and oxygen atoms in total. The minimum atomic E-state index is -0.555. The predicted molar refractivity (Wildman–Crippen MR) is 72.1 cm³/mol. The number of fused-ring (bicyclic) bond motifs is 1. The van der Waals surface area contributed by atoms with E-state index in [0.29, 0.717) is 17.7 Å². The van der Waals surface area contributed by atoms with E-state index in [0.717, 1.165) is 0 Å². The Kier molecular flexibility index (Phi) is 5.10. The van der Waals surface area contributed by atoms with Crippen molar-refractivity contribution >= 4 is 11.8 Å². The van der Waals surface area contributed by atoms with E-state index in [1.807, 2.05) is 0 Å². The fourth-order valence-corrected chi connectivity index (χ4v) is 2.09. The second kappa shape index (κ2) is 7.03. The maximum atomic E-state index is 13.2. The monoisotopic (exact) mass is 296 g/mol. The molecule has 21 heavy (non-hydrogen) atoms. The lowest BCUT2D eigenvalue weighted by atomic mass is 9.96. The van der Waals surface area contributed by atoms with Gasteiger partial charge in [-0.25, -0.2) is 4.39 Å². The van der Waals surface area contributed by atoms with Crippen LogP contribution in [0.2, 0.25) is 0 Å². The van der Waals surface area contributed by atoms with Gasteiger partial charge in [0.2, 0.25) is 11.8 Å². The topological polar surface area (TPSA) is 90.7 Å². The van der Waals surface area contributed by atoms with Crippen molar-refractivity contribution in [2.45, 2.75) is 6.42 Å². The van der Waals surface area contributed by atoms with Crippen LogP contribution in [0.1, 0.15) is 5.56 Å². The summed E-state index contributed by atoms with van der Waals surface area (Å²) in [4.78, 5) is 22.4. The van der Waals surface area contributed by atoms with E-state index in [9.17, 15) is 14.0 Å². The molecule has 0 aromatic heterocycles. The molecule has 1 aromatic carbocycles. The summed E-state index contributed by atoms with van der Waals surface area (Å²) < 4.78 is 23.6.